The molecule has 0 atom stereocenters. The summed E-state index contributed by atoms with van der Waals surface area (Å²) in [6, 6.07) is 77.8. The van der Waals surface area contributed by atoms with Gasteiger partial charge in [0.1, 0.15) is 0 Å². The summed E-state index contributed by atoms with van der Waals surface area (Å²) < 4.78 is 0. The van der Waals surface area contributed by atoms with Gasteiger partial charge in [0.15, 0.2) is 0 Å². The second-order valence-corrected chi connectivity index (χ2v) is 15.9. The summed E-state index contributed by atoms with van der Waals surface area (Å²) in [5, 5.41) is 12.8. The Kier molecular flexibility index (Phi) is 6.19. The number of hydrogen-bond acceptors (Lipinski definition) is 0. The molecule has 0 unspecified atom stereocenters. The molecular weight excluding hydrogens is 685 g/mol. The lowest BCUT2D eigenvalue weighted by molar-refractivity contribution is 0.802. The average Bonchev–Trinajstić information content (AvgIpc) is 3.75. The quantitative estimate of drug-likeness (QED) is 0.123. The van der Waals surface area contributed by atoms with E-state index in [2.05, 4.69) is 206 Å². The van der Waals surface area contributed by atoms with Crippen LogP contribution in [-0.4, -0.2) is 0 Å². The van der Waals surface area contributed by atoms with Crippen molar-refractivity contribution in [2.45, 2.75) is 5.41 Å². The second kappa shape index (κ2) is 11.4. The molecule has 0 aliphatic heterocycles. The SMILES string of the molecule is c1ccc2c(c1)-c1ccccc1C21c2cc(-c3c4ccccc4cc4c3ccc3ccccc34)ccc2-c2c(-c3cccc4ccccc34)cc3ccccc3c21. The third-order valence-electron chi connectivity index (χ3n) is 13.2. The van der Waals surface area contributed by atoms with E-state index < -0.39 is 5.41 Å². The molecule has 0 amide bonds. The molecule has 2 aliphatic rings. The Morgan fingerprint density at radius 2 is 0.807 bits per heavy atom. The van der Waals surface area contributed by atoms with Gasteiger partial charge in [-0.3, -0.25) is 0 Å². The first-order chi connectivity index (χ1) is 28.3. The van der Waals surface area contributed by atoms with Gasteiger partial charge in [-0.1, -0.05) is 188 Å². The molecule has 0 heterocycles. The van der Waals surface area contributed by atoms with E-state index in [1.54, 1.807) is 0 Å². The Balaban J connectivity index is 1.22. The maximum absolute atomic E-state index is 2.58. The van der Waals surface area contributed by atoms with E-state index in [-0.39, 0.29) is 0 Å². The van der Waals surface area contributed by atoms with E-state index in [9.17, 15) is 0 Å². The molecule has 0 N–H and O–H groups in total. The maximum atomic E-state index is 2.58. The van der Waals surface area contributed by atoms with Crippen LogP contribution in [0.15, 0.2) is 206 Å². The Bertz CT molecular complexity index is 3480. The molecule has 1 spiro atoms. The fourth-order valence-corrected chi connectivity index (χ4v) is 11.0. The van der Waals surface area contributed by atoms with Crippen LogP contribution in [0.5, 0.6) is 0 Å². The molecular formula is C57H34. The van der Waals surface area contributed by atoms with E-state index in [0.717, 1.165) is 0 Å². The minimum Gasteiger partial charge on any atom is -0.0619 e. The van der Waals surface area contributed by atoms with Crippen molar-refractivity contribution in [1.29, 1.82) is 0 Å². The third kappa shape index (κ3) is 4.02. The summed E-state index contributed by atoms with van der Waals surface area (Å²) in [5.41, 5.74) is 15.3. The minimum absolute atomic E-state index is 0.527. The van der Waals surface area contributed by atoms with Gasteiger partial charge in [-0.05, 0) is 139 Å². The summed E-state index contributed by atoms with van der Waals surface area (Å²) in [7, 11) is 0. The standard InChI is InChI=1S/C57H34/c1-5-19-40-35(14-1)18-13-25-44(40)50-33-38-17-4-8-22-43(38)56-55(50)48-31-29-39(34-53(48)57(56)51-26-11-9-23-45(51)46-24-10-12-27-52(46)57)54-42-21-7-3-16-37(42)32-49-41-20-6-2-15-36(41)28-30-47(49)54/h1-34H. The van der Waals surface area contributed by atoms with Crippen LogP contribution in [0.25, 0.3) is 98.4 Å². The summed E-state index contributed by atoms with van der Waals surface area (Å²) in [4.78, 5) is 0. The Labute approximate surface area is 330 Å². The molecule has 0 fully saturated rings. The Hall–Kier alpha value is -7.28. The number of fused-ring (bicyclic) bond motifs is 17. The second-order valence-electron chi connectivity index (χ2n) is 15.9. The molecule has 0 bridgehead atoms. The van der Waals surface area contributed by atoms with Gasteiger partial charge in [-0.2, -0.15) is 0 Å². The van der Waals surface area contributed by atoms with Gasteiger partial charge in [-0.25, -0.2) is 0 Å². The smallest absolute Gasteiger partial charge is 0.0619 e. The highest BCUT2D eigenvalue weighted by atomic mass is 14.5. The van der Waals surface area contributed by atoms with E-state index in [4.69, 9.17) is 0 Å². The fourth-order valence-electron chi connectivity index (χ4n) is 11.0. The molecule has 0 aromatic heterocycles. The number of rotatable bonds is 2. The molecule has 13 rings (SSSR count). The Morgan fingerprint density at radius 3 is 1.56 bits per heavy atom. The molecule has 11 aromatic carbocycles. The largest absolute Gasteiger partial charge is 0.0731 e. The first-order valence-corrected chi connectivity index (χ1v) is 20.0. The molecule has 11 aromatic rings. The van der Waals surface area contributed by atoms with Gasteiger partial charge in [0.2, 0.25) is 0 Å². The van der Waals surface area contributed by atoms with Crippen LogP contribution < -0.4 is 0 Å². The van der Waals surface area contributed by atoms with Crippen LogP contribution in [0.2, 0.25) is 0 Å². The van der Waals surface area contributed by atoms with Crippen molar-refractivity contribution in [2.75, 3.05) is 0 Å². The lowest BCUT2D eigenvalue weighted by Gasteiger charge is -2.32. The fraction of sp³-hybridized carbons (Fsp3) is 0.0175. The number of benzene rings is 11. The lowest BCUT2D eigenvalue weighted by Crippen LogP contribution is -2.26. The highest BCUT2D eigenvalue weighted by Gasteiger charge is 2.53. The summed E-state index contributed by atoms with van der Waals surface area (Å²) in [5.74, 6) is 0. The van der Waals surface area contributed by atoms with Crippen molar-refractivity contribution in [3.8, 4) is 44.5 Å². The van der Waals surface area contributed by atoms with Crippen molar-refractivity contribution in [2.24, 2.45) is 0 Å². The molecule has 0 saturated carbocycles. The molecule has 0 heteroatoms. The van der Waals surface area contributed by atoms with Gasteiger partial charge < -0.3 is 0 Å². The van der Waals surface area contributed by atoms with Crippen molar-refractivity contribution >= 4 is 53.9 Å². The zero-order valence-corrected chi connectivity index (χ0v) is 31.1. The van der Waals surface area contributed by atoms with Gasteiger partial charge in [0.25, 0.3) is 0 Å². The molecule has 0 nitrogen and oxygen atoms in total. The van der Waals surface area contributed by atoms with Gasteiger partial charge in [0, 0.05) is 0 Å². The van der Waals surface area contributed by atoms with E-state index in [0.29, 0.717) is 0 Å². The van der Waals surface area contributed by atoms with Crippen molar-refractivity contribution in [3.05, 3.63) is 229 Å². The van der Waals surface area contributed by atoms with Crippen molar-refractivity contribution in [1.82, 2.24) is 0 Å². The first kappa shape index (κ1) is 31.0. The highest BCUT2D eigenvalue weighted by Crippen LogP contribution is 2.66. The molecule has 0 saturated heterocycles. The van der Waals surface area contributed by atoms with Crippen LogP contribution in [0.3, 0.4) is 0 Å². The molecule has 57 heavy (non-hydrogen) atoms. The maximum Gasteiger partial charge on any atom is 0.0731 e. The van der Waals surface area contributed by atoms with Gasteiger partial charge in [0.05, 0.1) is 5.41 Å². The van der Waals surface area contributed by atoms with Crippen LogP contribution in [0.4, 0.5) is 0 Å². The number of hydrogen-bond donors (Lipinski definition) is 0. The molecule has 262 valence electrons. The van der Waals surface area contributed by atoms with Crippen LogP contribution >= 0.6 is 0 Å². The average molecular weight is 719 g/mol. The zero-order chi connectivity index (χ0) is 37.2. The van der Waals surface area contributed by atoms with Gasteiger partial charge >= 0.3 is 0 Å². The monoisotopic (exact) mass is 718 g/mol. The normalized spacial score (nSPS) is 13.4. The summed E-state index contributed by atoms with van der Waals surface area (Å²) in [6.45, 7) is 0. The molecule has 0 radical (unpaired) electrons. The predicted octanol–water partition coefficient (Wildman–Crippen LogP) is 15.1. The van der Waals surface area contributed by atoms with Gasteiger partial charge in [-0.15, -0.1) is 0 Å². The van der Waals surface area contributed by atoms with Crippen molar-refractivity contribution in [3.63, 3.8) is 0 Å². The summed E-state index contributed by atoms with van der Waals surface area (Å²) in [6.07, 6.45) is 0. The predicted molar refractivity (Wildman–Crippen MR) is 241 cm³/mol. The van der Waals surface area contributed by atoms with Crippen LogP contribution in [-0.2, 0) is 5.41 Å². The van der Waals surface area contributed by atoms with Crippen LogP contribution in [0, 0.1) is 0 Å². The lowest BCUT2D eigenvalue weighted by atomic mass is 9.68. The van der Waals surface area contributed by atoms with Crippen molar-refractivity contribution < 1.29 is 0 Å². The third-order valence-corrected chi connectivity index (χ3v) is 13.2. The first-order valence-electron chi connectivity index (χ1n) is 20.0. The van der Waals surface area contributed by atoms with E-state index >= 15 is 0 Å². The Morgan fingerprint density at radius 1 is 0.246 bits per heavy atom. The minimum atomic E-state index is -0.527. The van der Waals surface area contributed by atoms with E-state index in [1.807, 2.05) is 0 Å². The van der Waals surface area contributed by atoms with E-state index in [1.165, 1.54) is 121 Å². The molecule has 2 aliphatic carbocycles. The summed E-state index contributed by atoms with van der Waals surface area (Å²) >= 11 is 0. The highest BCUT2D eigenvalue weighted by molar-refractivity contribution is 6.21. The zero-order valence-electron chi connectivity index (χ0n) is 31.1. The topological polar surface area (TPSA) is 0 Å². The van der Waals surface area contributed by atoms with Crippen LogP contribution in [0.1, 0.15) is 22.3 Å².